The summed E-state index contributed by atoms with van der Waals surface area (Å²) in [6.07, 6.45) is 1.25. The molecule has 0 fully saturated rings. The molecule has 0 heterocycles. The average Bonchev–Trinajstić information content (AvgIpc) is 3.08. The van der Waals surface area contributed by atoms with Crippen LogP contribution in [0.2, 0.25) is 0 Å². The molecule has 0 atom stereocenters. The summed E-state index contributed by atoms with van der Waals surface area (Å²) in [4.78, 5) is 0. The Morgan fingerprint density at radius 3 is 1.24 bits per heavy atom. The van der Waals surface area contributed by atoms with E-state index < -0.39 is 0 Å². The van der Waals surface area contributed by atoms with Crippen molar-refractivity contribution in [3.8, 4) is 34.5 Å². The van der Waals surface area contributed by atoms with Crippen LogP contribution in [-0.4, -0.2) is 20.4 Å². The second kappa shape index (κ2) is 14.3. The summed E-state index contributed by atoms with van der Waals surface area (Å²) in [5.41, 5.74) is 13.5. The summed E-state index contributed by atoms with van der Waals surface area (Å²) in [7, 11) is 0. The SMILES string of the molecule is Cc1cc(Cc2cc(C)c(O)c(C)c2)c(Oc2ccc(C(c3ccc(O)c(C)c3)c3ccc(O)c(C)c3)cc2)c(Cc2cc(C)c(O)c(C)c2)c1. The van der Waals surface area contributed by atoms with Crippen molar-refractivity contribution in [2.45, 2.75) is 67.2 Å². The van der Waals surface area contributed by atoms with Gasteiger partial charge in [0.15, 0.2) is 0 Å². The molecule has 6 aromatic rings. The number of phenols is 4. The van der Waals surface area contributed by atoms with Crippen LogP contribution in [0, 0.1) is 48.5 Å². The van der Waals surface area contributed by atoms with Gasteiger partial charge in [-0.3, -0.25) is 0 Å². The van der Waals surface area contributed by atoms with Gasteiger partial charge in [-0.1, -0.05) is 78.4 Å². The van der Waals surface area contributed by atoms with E-state index in [9.17, 15) is 20.4 Å². The molecule has 0 bridgehead atoms. The minimum Gasteiger partial charge on any atom is -0.508 e. The van der Waals surface area contributed by atoms with Crippen molar-refractivity contribution in [2.24, 2.45) is 0 Å². The Balaban J connectivity index is 1.42. The zero-order chi connectivity index (χ0) is 36.6. The Hall–Kier alpha value is -5.68. The lowest BCUT2D eigenvalue weighted by molar-refractivity contribution is 0.466. The van der Waals surface area contributed by atoms with Crippen LogP contribution in [0.1, 0.15) is 83.8 Å². The molecule has 51 heavy (non-hydrogen) atoms. The molecule has 0 aliphatic carbocycles. The van der Waals surface area contributed by atoms with Gasteiger partial charge < -0.3 is 25.2 Å². The third-order valence-electron chi connectivity index (χ3n) is 9.82. The highest BCUT2D eigenvalue weighted by Crippen LogP contribution is 2.39. The van der Waals surface area contributed by atoms with Gasteiger partial charge in [0, 0.05) is 18.8 Å². The van der Waals surface area contributed by atoms with Crippen LogP contribution in [0.15, 0.2) is 97.1 Å². The van der Waals surface area contributed by atoms with Crippen LogP contribution in [0.3, 0.4) is 0 Å². The predicted octanol–water partition coefficient (Wildman–Crippen LogP) is 10.8. The van der Waals surface area contributed by atoms with Gasteiger partial charge in [0.05, 0.1) is 0 Å². The molecule has 4 N–H and O–H groups in total. The van der Waals surface area contributed by atoms with Gasteiger partial charge in [0.2, 0.25) is 0 Å². The van der Waals surface area contributed by atoms with Crippen LogP contribution in [0.25, 0.3) is 0 Å². The topological polar surface area (TPSA) is 90.2 Å². The highest BCUT2D eigenvalue weighted by molar-refractivity contribution is 5.54. The standard InChI is InChI=1S/C46H46O5/c1-26-16-38(24-33-18-29(4)44(49)30(5)19-33)46(39(17-26)25-34-20-31(6)45(50)32(7)21-34)51-40-12-8-35(9-13-40)43(36-10-14-41(47)27(2)22-36)37-11-15-42(48)28(3)23-37/h8-23,43,47-50H,24-25H2,1-7H3. The highest BCUT2D eigenvalue weighted by Gasteiger charge is 2.20. The number of ether oxygens (including phenoxy) is 1. The van der Waals surface area contributed by atoms with Gasteiger partial charge >= 0.3 is 0 Å². The number of hydrogen-bond donors (Lipinski definition) is 4. The van der Waals surface area contributed by atoms with Gasteiger partial charge in [0.25, 0.3) is 0 Å². The van der Waals surface area contributed by atoms with E-state index in [1.807, 2.05) is 102 Å². The maximum Gasteiger partial charge on any atom is 0.134 e. The monoisotopic (exact) mass is 678 g/mol. The maximum absolute atomic E-state index is 10.5. The van der Waals surface area contributed by atoms with E-state index in [4.69, 9.17) is 4.74 Å². The minimum atomic E-state index is -0.134. The maximum atomic E-state index is 10.5. The van der Waals surface area contributed by atoms with Gasteiger partial charge in [-0.2, -0.15) is 0 Å². The van der Waals surface area contributed by atoms with Crippen molar-refractivity contribution in [1.82, 2.24) is 0 Å². The van der Waals surface area contributed by atoms with Crippen molar-refractivity contribution in [1.29, 1.82) is 0 Å². The summed E-state index contributed by atoms with van der Waals surface area (Å²) in [6.45, 7) is 13.6. The molecular formula is C46H46O5. The smallest absolute Gasteiger partial charge is 0.134 e. The first-order chi connectivity index (χ1) is 24.3. The fourth-order valence-electron chi connectivity index (χ4n) is 7.20. The summed E-state index contributed by atoms with van der Waals surface area (Å²) in [5, 5.41) is 41.5. The molecule has 0 radical (unpaired) electrons. The van der Waals surface area contributed by atoms with E-state index in [2.05, 4.69) is 31.2 Å². The third-order valence-corrected chi connectivity index (χ3v) is 9.82. The third kappa shape index (κ3) is 7.58. The number of hydrogen-bond acceptors (Lipinski definition) is 5. The molecule has 0 amide bonds. The summed E-state index contributed by atoms with van der Waals surface area (Å²) in [6, 6.07) is 32.0. The summed E-state index contributed by atoms with van der Waals surface area (Å²) in [5.74, 6) is 2.50. The summed E-state index contributed by atoms with van der Waals surface area (Å²) >= 11 is 0. The number of phenolic OH excluding ortho intramolecular Hbond substituents is 4. The van der Waals surface area contributed by atoms with Crippen LogP contribution < -0.4 is 4.74 Å². The van der Waals surface area contributed by atoms with Crippen LogP contribution >= 0.6 is 0 Å². The van der Waals surface area contributed by atoms with Crippen LogP contribution in [-0.2, 0) is 12.8 Å². The summed E-state index contributed by atoms with van der Waals surface area (Å²) < 4.78 is 6.86. The fourth-order valence-corrected chi connectivity index (χ4v) is 7.20. The van der Waals surface area contributed by atoms with E-state index in [1.165, 1.54) is 0 Å². The minimum absolute atomic E-state index is 0.134. The number of aromatic hydroxyl groups is 4. The van der Waals surface area contributed by atoms with Crippen molar-refractivity contribution >= 4 is 0 Å². The number of rotatable bonds is 9. The van der Waals surface area contributed by atoms with Crippen molar-refractivity contribution < 1.29 is 25.2 Å². The second-order valence-electron chi connectivity index (χ2n) is 14.1. The Morgan fingerprint density at radius 2 is 0.843 bits per heavy atom. The second-order valence-corrected chi connectivity index (χ2v) is 14.1. The average molecular weight is 679 g/mol. The first-order valence-corrected chi connectivity index (χ1v) is 17.3. The Labute approximate surface area is 301 Å². The Kier molecular flexibility index (Phi) is 9.84. The molecule has 0 saturated heterocycles. The molecule has 0 saturated carbocycles. The van der Waals surface area contributed by atoms with E-state index in [0.29, 0.717) is 30.1 Å². The van der Waals surface area contributed by atoms with Crippen molar-refractivity contribution in [3.63, 3.8) is 0 Å². The Morgan fingerprint density at radius 1 is 0.451 bits per heavy atom. The normalized spacial score (nSPS) is 11.3. The number of benzene rings is 6. The fraction of sp³-hybridized carbons (Fsp3) is 0.217. The molecule has 6 rings (SSSR count). The quantitative estimate of drug-likeness (QED) is 0.114. The Bertz CT molecular complexity index is 2070. The van der Waals surface area contributed by atoms with Gasteiger partial charge in [-0.05, 0) is 145 Å². The molecule has 0 aliphatic rings. The van der Waals surface area contributed by atoms with Crippen molar-refractivity contribution in [3.05, 3.63) is 175 Å². The van der Waals surface area contributed by atoms with E-state index in [0.717, 1.165) is 83.6 Å². The number of aryl methyl sites for hydroxylation is 7. The lowest BCUT2D eigenvalue weighted by atomic mass is 9.84. The molecule has 5 nitrogen and oxygen atoms in total. The first kappa shape index (κ1) is 35.2. The van der Waals surface area contributed by atoms with Gasteiger partial charge in [-0.15, -0.1) is 0 Å². The van der Waals surface area contributed by atoms with E-state index >= 15 is 0 Å². The van der Waals surface area contributed by atoms with Gasteiger partial charge in [-0.25, -0.2) is 0 Å². The van der Waals surface area contributed by atoms with Gasteiger partial charge in [0.1, 0.15) is 34.5 Å². The predicted molar refractivity (Wildman–Crippen MR) is 205 cm³/mol. The van der Waals surface area contributed by atoms with Crippen LogP contribution in [0.4, 0.5) is 0 Å². The lowest BCUT2D eigenvalue weighted by Crippen LogP contribution is -2.05. The van der Waals surface area contributed by atoms with Crippen molar-refractivity contribution in [2.75, 3.05) is 0 Å². The molecule has 0 spiro atoms. The molecule has 6 aromatic carbocycles. The largest absolute Gasteiger partial charge is 0.508 e. The molecule has 0 unspecified atom stereocenters. The molecular weight excluding hydrogens is 633 g/mol. The first-order valence-electron chi connectivity index (χ1n) is 17.3. The van der Waals surface area contributed by atoms with E-state index in [1.54, 1.807) is 12.1 Å². The zero-order valence-corrected chi connectivity index (χ0v) is 30.4. The molecule has 5 heteroatoms. The molecule has 0 aliphatic heterocycles. The zero-order valence-electron chi connectivity index (χ0n) is 30.4. The highest BCUT2D eigenvalue weighted by atomic mass is 16.5. The molecule has 0 aromatic heterocycles. The molecule has 260 valence electrons. The van der Waals surface area contributed by atoms with E-state index in [-0.39, 0.29) is 17.4 Å². The van der Waals surface area contributed by atoms with Crippen LogP contribution in [0.5, 0.6) is 34.5 Å². The lowest BCUT2D eigenvalue weighted by Gasteiger charge is -2.22.